The standard InChI is InChI=1S/C15H12ClN3O/c16-8-10-4-6-11(7-5-10)15(20)18-13-3-1-2-12-9-17-19-14(12)13/h1-7,9H,8H2,(H,17,19)(H,18,20). The summed E-state index contributed by atoms with van der Waals surface area (Å²) in [6.07, 6.45) is 1.72. The van der Waals surface area contributed by atoms with Gasteiger partial charge in [0.15, 0.2) is 0 Å². The number of aromatic amines is 1. The van der Waals surface area contributed by atoms with Gasteiger partial charge >= 0.3 is 0 Å². The number of amides is 1. The molecular weight excluding hydrogens is 274 g/mol. The Balaban J connectivity index is 1.86. The molecule has 0 saturated heterocycles. The monoisotopic (exact) mass is 285 g/mol. The molecule has 0 spiro atoms. The summed E-state index contributed by atoms with van der Waals surface area (Å²) in [6, 6.07) is 12.9. The summed E-state index contributed by atoms with van der Waals surface area (Å²) in [6.45, 7) is 0. The quantitative estimate of drug-likeness (QED) is 0.723. The number of carbonyl (C=O) groups is 1. The van der Waals surface area contributed by atoms with E-state index < -0.39 is 0 Å². The fraction of sp³-hybridized carbons (Fsp3) is 0.0667. The second kappa shape index (κ2) is 5.35. The molecular formula is C15H12ClN3O. The normalized spacial score (nSPS) is 10.7. The SMILES string of the molecule is O=C(Nc1cccc2cn[nH]c12)c1ccc(CCl)cc1. The van der Waals surface area contributed by atoms with Crippen LogP contribution in [-0.4, -0.2) is 16.1 Å². The van der Waals surface area contributed by atoms with E-state index in [2.05, 4.69) is 15.5 Å². The Morgan fingerprint density at radius 3 is 2.75 bits per heavy atom. The highest BCUT2D eigenvalue weighted by Gasteiger charge is 2.09. The molecule has 0 atom stereocenters. The Hall–Kier alpha value is -2.33. The molecule has 1 aromatic heterocycles. The van der Waals surface area contributed by atoms with Gasteiger partial charge in [0.05, 0.1) is 17.4 Å². The highest BCUT2D eigenvalue weighted by Crippen LogP contribution is 2.21. The first kappa shape index (κ1) is 12.7. The minimum Gasteiger partial charge on any atom is -0.320 e. The van der Waals surface area contributed by atoms with Crippen LogP contribution < -0.4 is 5.32 Å². The smallest absolute Gasteiger partial charge is 0.255 e. The van der Waals surface area contributed by atoms with E-state index in [1.807, 2.05) is 30.3 Å². The lowest BCUT2D eigenvalue weighted by Gasteiger charge is -2.06. The number of H-pyrrole nitrogens is 1. The zero-order chi connectivity index (χ0) is 13.9. The Morgan fingerprint density at radius 2 is 2.00 bits per heavy atom. The number of fused-ring (bicyclic) bond motifs is 1. The molecule has 1 amide bonds. The van der Waals surface area contributed by atoms with Gasteiger partial charge in [0, 0.05) is 16.8 Å². The number of alkyl halides is 1. The van der Waals surface area contributed by atoms with Crippen LogP contribution in [-0.2, 0) is 5.88 Å². The van der Waals surface area contributed by atoms with Gasteiger partial charge in [-0.1, -0.05) is 24.3 Å². The van der Waals surface area contributed by atoms with Crippen LogP contribution in [0.15, 0.2) is 48.7 Å². The molecule has 0 radical (unpaired) electrons. The van der Waals surface area contributed by atoms with Crippen molar-refractivity contribution in [2.24, 2.45) is 0 Å². The van der Waals surface area contributed by atoms with Crippen molar-refractivity contribution in [3.05, 3.63) is 59.8 Å². The summed E-state index contributed by atoms with van der Waals surface area (Å²) in [5, 5.41) is 10.7. The fourth-order valence-corrected chi connectivity index (χ4v) is 2.19. The molecule has 5 heteroatoms. The van der Waals surface area contributed by atoms with Gasteiger partial charge in [0.1, 0.15) is 0 Å². The molecule has 0 aliphatic rings. The summed E-state index contributed by atoms with van der Waals surface area (Å²) < 4.78 is 0. The van der Waals surface area contributed by atoms with Gasteiger partial charge in [-0.15, -0.1) is 11.6 Å². The lowest BCUT2D eigenvalue weighted by atomic mass is 10.1. The maximum Gasteiger partial charge on any atom is 0.255 e. The molecule has 0 aliphatic carbocycles. The Bertz CT molecular complexity index is 749. The van der Waals surface area contributed by atoms with E-state index in [9.17, 15) is 4.79 Å². The van der Waals surface area contributed by atoms with Gasteiger partial charge in [-0.3, -0.25) is 9.89 Å². The maximum absolute atomic E-state index is 12.2. The third kappa shape index (κ3) is 2.38. The van der Waals surface area contributed by atoms with Crippen molar-refractivity contribution >= 4 is 34.1 Å². The van der Waals surface area contributed by atoms with Crippen LogP contribution in [0.25, 0.3) is 10.9 Å². The molecule has 2 N–H and O–H groups in total. The van der Waals surface area contributed by atoms with Crippen molar-refractivity contribution in [2.45, 2.75) is 5.88 Å². The second-order valence-electron chi connectivity index (χ2n) is 4.42. The van der Waals surface area contributed by atoms with Crippen molar-refractivity contribution in [3.8, 4) is 0 Å². The minimum absolute atomic E-state index is 0.159. The van der Waals surface area contributed by atoms with Crippen molar-refractivity contribution in [3.63, 3.8) is 0 Å². The van der Waals surface area contributed by atoms with Crippen LogP contribution in [0.4, 0.5) is 5.69 Å². The van der Waals surface area contributed by atoms with Crippen LogP contribution in [0.5, 0.6) is 0 Å². The molecule has 0 aliphatic heterocycles. The predicted molar refractivity (Wildman–Crippen MR) is 80.0 cm³/mol. The molecule has 20 heavy (non-hydrogen) atoms. The number of para-hydroxylation sites is 1. The zero-order valence-electron chi connectivity index (χ0n) is 10.6. The number of nitrogens with one attached hydrogen (secondary N) is 2. The van der Waals surface area contributed by atoms with Gasteiger partial charge in [0.2, 0.25) is 0 Å². The molecule has 3 aromatic rings. The van der Waals surface area contributed by atoms with Crippen LogP contribution in [0, 0.1) is 0 Å². The van der Waals surface area contributed by atoms with Gasteiger partial charge < -0.3 is 5.32 Å². The van der Waals surface area contributed by atoms with Gasteiger partial charge in [-0.2, -0.15) is 5.10 Å². The first-order valence-electron chi connectivity index (χ1n) is 6.16. The van der Waals surface area contributed by atoms with E-state index in [1.165, 1.54) is 0 Å². The number of anilines is 1. The van der Waals surface area contributed by atoms with Gasteiger partial charge in [-0.25, -0.2) is 0 Å². The third-order valence-electron chi connectivity index (χ3n) is 3.10. The molecule has 0 unspecified atom stereocenters. The van der Waals surface area contributed by atoms with Crippen LogP contribution in [0.3, 0.4) is 0 Å². The van der Waals surface area contributed by atoms with E-state index in [0.29, 0.717) is 17.1 Å². The minimum atomic E-state index is -0.159. The maximum atomic E-state index is 12.2. The highest BCUT2D eigenvalue weighted by atomic mass is 35.5. The lowest BCUT2D eigenvalue weighted by Crippen LogP contribution is -2.12. The number of halogens is 1. The van der Waals surface area contributed by atoms with Crippen LogP contribution in [0.2, 0.25) is 0 Å². The highest BCUT2D eigenvalue weighted by molar-refractivity contribution is 6.17. The Kier molecular flexibility index (Phi) is 3.39. The van der Waals surface area contributed by atoms with E-state index in [0.717, 1.165) is 16.5 Å². The van der Waals surface area contributed by atoms with Crippen molar-refractivity contribution in [1.82, 2.24) is 10.2 Å². The number of hydrogen-bond acceptors (Lipinski definition) is 2. The molecule has 0 bridgehead atoms. The number of aromatic nitrogens is 2. The third-order valence-corrected chi connectivity index (χ3v) is 3.40. The zero-order valence-corrected chi connectivity index (χ0v) is 11.3. The summed E-state index contributed by atoms with van der Waals surface area (Å²) >= 11 is 5.73. The number of rotatable bonds is 3. The van der Waals surface area contributed by atoms with E-state index >= 15 is 0 Å². The first-order chi connectivity index (χ1) is 9.78. The number of benzene rings is 2. The topological polar surface area (TPSA) is 57.8 Å². The number of nitrogens with zero attached hydrogens (tertiary/aromatic N) is 1. The molecule has 4 nitrogen and oxygen atoms in total. The molecule has 0 fully saturated rings. The van der Waals surface area contributed by atoms with E-state index in [1.54, 1.807) is 18.3 Å². The number of carbonyl (C=O) groups excluding carboxylic acids is 1. The summed E-state index contributed by atoms with van der Waals surface area (Å²) in [5.41, 5.74) is 3.11. The summed E-state index contributed by atoms with van der Waals surface area (Å²) in [5.74, 6) is 0.281. The fourth-order valence-electron chi connectivity index (χ4n) is 2.01. The molecule has 3 rings (SSSR count). The van der Waals surface area contributed by atoms with Gasteiger partial charge in [0.25, 0.3) is 5.91 Å². The molecule has 100 valence electrons. The predicted octanol–water partition coefficient (Wildman–Crippen LogP) is 3.55. The average molecular weight is 286 g/mol. The summed E-state index contributed by atoms with van der Waals surface area (Å²) in [4.78, 5) is 12.2. The van der Waals surface area contributed by atoms with Gasteiger partial charge in [-0.05, 0) is 23.8 Å². The van der Waals surface area contributed by atoms with E-state index in [4.69, 9.17) is 11.6 Å². The van der Waals surface area contributed by atoms with Crippen LogP contribution in [0.1, 0.15) is 15.9 Å². The van der Waals surface area contributed by atoms with Crippen molar-refractivity contribution in [1.29, 1.82) is 0 Å². The van der Waals surface area contributed by atoms with E-state index in [-0.39, 0.29) is 5.91 Å². The molecule has 0 saturated carbocycles. The first-order valence-corrected chi connectivity index (χ1v) is 6.70. The Morgan fingerprint density at radius 1 is 1.20 bits per heavy atom. The van der Waals surface area contributed by atoms with Crippen molar-refractivity contribution < 1.29 is 4.79 Å². The largest absolute Gasteiger partial charge is 0.320 e. The molecule has 2 aromatic carbocycles. The Labute approximate surface area is 120 Å². The summed E-state index contributed by atoms with van der Waals surface area (Å²) in [7, 11) is 0. The van der Waals surface area contributed by atoms with Crippen molar-refractivity contribution in [2.75, 3.05) is 5.32 Å². The van der Waals surface area contributed by atoms with Crippen LogP contribution >= 0.6 is 11.6 Å². The number of hydrogen-bond donors (Lipinski definition) is 2. The molecule has 1 heterocycles. The average Bonchev–Trinajstić information content (AvgIpc) is 2.97. The lowest BCUT2D eigenvalue weighted by molar-refractivity contribution is 0.102. The second-order valence-corrected chi connectivity index (χ2v) is 4.69.